The molecule has 0 aromatic heterocycles. The standard InChI is InChI=1S/C21H17F3N4O3/c22-15-4-1-13(2-5-15)11-27-7-8-28-18(12-31-21(28)26-20(27)30)19(29)25-10-14-3-6-16(23)17(24)9-14/h1-6,9,12H,7-8,10-11H2,(H,25,29). The number of nitrogens with zero attached hydrogens (tertiary/aromatic N) is 3. The minimum atomic E-state index is -1.00. The van der Waals surface area contributed by atoms with Crippen molar-refractivity contribution in [2.45, 2.75) is 13.1 Å². The molecule has 0 spiro atoms. The van der Waals surface area contributed by atoms with Gasteiger partial charge in [-0.25, -0.2) is 18.0 Å². The number of amides is 3. The van der Waals surface area contributed by atoms with Gasteiger partial charge in [0.2, 0.25) is 0 Å². The molecule has 2 aromatic carbocycles. The topological polar surface area (TPSA) is 74.2 Å². The maximum Gasteiger partial charge on any atom is 0.348 e. The van der Waals surface area contributed by atoms with E-state index in [1.807, 2.05) is 0 Å². The molecule has 1 N–H and O–H groups in total. The number of urea groups is 1. The van der Waals surface area contributed by atoms with Crippen LogP contribution in [0.3, 0.4) is 0 Å². The van der Waals surface area contributed by atoms with E-state index in [4.69, 9.17) is 4.74 Å². The Morgan fingerprint density at radius 3 is 2.52 bits per heavy atom. The van der Waals surface area contributed by atoms with Crippen LogP contribution in [0.25, 0.3) is 0 Å². The molecule has 4 rings (SSSR count). The second-order valence-electron chi connectivity index (χ2n) is 6.93. The van der Waals surface area contributed by atoms with Crippen LogP contribution in [0.1, 0.15) is 11.1 Å². The Labute approximate surface area is 175 Å². The van der Waals surface area contributed by atoms with Gasteiger partial charge in [0.25, 0.3) is 5.91 Å². The molecule has 160 valence electrons. The summed E-state index contributed by atoms with van der Waals surface area (Å²) in [4.78, 5) is 31.8. The van der Waals surface area contributed by atoms with Gasteiger partial charge in [-0.2, -0.15) is 0 Å². The van der Waals surface area contributed by atoms with E-state index in [1.54, 1.807) is 12.1 Å². The second kappa shape index (κ2) is 8.50. The van der Waals surface area contributed by atoms with Crippen LogP contribution in [0.2, 0.25) is 0 Å². The van der Waals surface area contributed by atoms with E-state index < -0.39 is 23.6 Å². The van der Waals surface area contributed by atoms with Crippen LogP contribution in [0, 0.1) is 17.5 Å². The van der Waals surface area contributed by atoms with E-state index in [2.05, 4.69) is 10.3 Å². The highest BCUT2D eigenvalue weighted by Crippen LogP contribution is 2.20. The van der Waals surface area contributed by atoms with Crippen molar-refractivity contribution < 1.29 is 27.5 Å². The molecule has 7 nitrogen and oxygen atoms in total. The van der Waals surface area contributed by atoms with E-state index in [0.717, 1.165) is 17.7 Å². The molecule has 0 aliphatic carbocycles. The molecule has 2 aromatic rings. The van der Waals surface area contributed by atoms with E-state index in [0.29, 0.717) is 5.56 Å². The van der Waals surface area contributed by atoms with Gasteiger partial charge in [-0.05, 0) is 35.4 Å². The Balaban J connectivity index is 1.39. The zero-order valence-corrected chi connectivity index (χ0v) is 16.1. The van der Waals surface area contributed by atoms with Gasteiger partial charge in [0.1, 0.15) is 17.8 Å². The Bertz CT molecular complexity index is 1090. The first-order valence-electron chi connectivity index (χ1n) is 9.39. The Morgan fingerprint density at radius 2 is 1.77 bits per heavy atom. The second-order valence-corrected chi connectivity index (χ2v) is 6.93. The van der Waals surface area contributed by atoms with Crippen molar-refractivity contribution in [3.05, 3.63) is 83.0 Å². The molecule has 2 heterocycles. The van der Waals surface area contributed by atoms with E-state index in [9.17, 15) is 22.8 Å². The van der Waals surface area contributed by atoms with Gasteiger partial charge in [0, 0.05) is 26.2 Å². The molecule has 10 heteroatoms. The molecule has 0 atom stereocenters. The number of hydrogen-bond acceptors (Lipinski definition) is 4. The maximum absolute atomic E-state index is 13.3. The molecule has 31 heavy (non-hydrogen) atoms. The summed E-state index contributed by atoms with van der Waals surface area (Å²) in [5, 5.41) is 2.60. The van der Waals surface area contributed by atoms with Gasteiger partial charge in [-0.15, -0.1) is 4.99 Å². The molecule has 0 saturated heterocycles. The third kappa shape index (κ3) is 4.52. The normalized spacial score (nSPS) is 15.6. The third-order valence-electron chi connectivity index (χ3n) is 4.81. The minimum Gasteiger partial charge on any atom is -0.431 e. The molecular weight excluding hydrogens is 413 g/mol. The molecule has 0 unspecified atom stereocenters. The Hall–Kier alpha value is -3.82. The number of halogens is 3. The smallest absolute Gasteiger partial charge is 0.348 e. The number of aliphatic imine (C=N–C) groups is 1. The van der Waals surface area contributed by atoms with Crippen LogP contribution in [0.5, 0.6) is 0 Å². The number of nitrogens with one attached hydrogen (secondary N) is 1. The number of carbonyl (C=O) groups excluding carboxylic acids is 2. The maximum atomic E-state index is 13.3. The number of hydrogen-bond donors (Lipinski definition) is 1. The number of benzene rings is 2. The molecular formula is C21H17F3N4O3. The summed E-state index contributed by atoms with van der Waals surface area (Å²) in [6.45, 7) is 0.699. The zero-order chi connectivity index (χ0) is 22.0. The van der Waals surface area contributed by atoms with Crippen LogP contribution in [0.4, 0.5) is 18.0 Å². The molecule has 0 radical (unpaired) electrons. The van der Waals surface area contributed by atoms with Gasteiger partial charge in [-0.1, -0.05) is 18.2 Å². The molecule has 0 fully saturated rings. The Morgan fingerprint density at radius 1 is 1.03 bits per heavy atom. The van der Waals surface area contributed by atoms with Crippen molar-refractivity contribution in [2.24, 2.45) is 4.99 Å². The fourth-order valence-electron chi connectivity index (χ4n) is 3.17. The first-order chi connectivity index (χ1) is 14.9. The lowest BCUT2D eigenvalue weighted by atomic mass is 10.2. The molecule has 0 bridgehead atoms. The number of fused-ring (bicyclic) bond motifs is 1. The lowest BCUT2D eigenvalue weighted by molar-refractivity contribution is -0.118. The zero-order valence-electron chi connectivity index (χ0n) is 16.1. The highest BCUT2D eigenvalue weighted by atomic mass is 19.2. The summed E-state index contributed by atoms with van der Waals surface area (Å²) in [5.74, 6) is -2.86. The Kier molecular flexibility index (Phi) is 5.61. The van der Waals surface area contributed by atoms with Crippen molar-refractivity contribution in [2.75, 3.05) is 13.1 Å². The van der Waals surface area contributed by atoms with E-state index in [1.165, 1.54) is 34.3 Å². The fraction of sp³-hybridized carbons (Fsp3) is 0.190. The largest absolute Gasteiger partial charge is 0.431 e. The van der Waals surface area contributed by atoms with Crippen LogP contribution in [-0.2, 0) is 22.6 Å². The van der Waals surface area contributed by atoms with Crippen molar-refractivity contribution in [1.29, 1.82) is 0 Å². The first-order valence-corrected chi connectivity index (χ1v) is 9.39. The highest BCUT2D eigenvalue weighted by Gasteiger charge is 2.33. The van der Waals surface area contributed by atoms with Gasteiger partial charge in [0.05, 0.1) is 0 Å². The van der Waals surface area contributed by atoms with Crippen molar-refractivity contribution in [1.82, 2.24) is 15.1 Å². The van der Waals surface area contributed by atoms with E-state index in [-0.39, 0.29) is 43.7 Å². The van der Waals surface area contributed by atoms with Crippen LogP contribution >= 0.6 is 0 Å². The summed E-state index contributed by atoms with van der Waals surface area (Å²) in [6.07, 6.45) is 1.18. The van der Waals surface area contributed by atoms with Gasteiger partial charge in [-0.3, -0.25) is 9.69 Å². The lowest BCUT2D eigenvalue weighted by Crippen LogP contribution is -2.38. The monoisotopic (exact) mass is 430 g/mol. The first kappa shape index (κ1) is 20.5. The minimum absolute atomic E-state index is 0.0235. The lowest BCUT2D eigenvalue weighted by Gasteiger charge is -2.21. The average molecular weight is 430 g/mol. The van der Waals surface area contributed by atoms with Crippen molar-refractivity contribution in [3.63, 3.8) is 0 Å². The third-order valence-corrected chi connectivity index (χ3v) is 4.81. The average Bonchev–Trinajstić information content (AvgIpc) is 3.08. The van der Waals surface area contributed by atoms with E-state index >= 15 is 0 Å². The number of ether oxygens (including phenoxy) is 1. The van der Waals surface area contributed by atoms with Crippen molar-refractivity contribution >= 4 is 18.0 Å². The van der Waals surface area contributed by atoms with Crippen molar-refractivity contribution in [3.8, 4) is 0 Å². The quantitative estimate of drug-likeness (QED) is 0.792. The predicted molar refractivity (Wildman–Crippen MR) is 104 cm³/mol. The van der Waals surface area contributed by atoms with Gasteiger partial charge in [0.15, 0.2) is 11.6 Å². The molecule has 3 amide bonds. The summed E-state index contributed by atoms with van der Waals surface area (Å²) >= 11 is 0. The number of rotatable bonds is 5. The molecule has 2 aliphatic rings. The number of amidine groups is 1. The van der Waals surface area contributed by atoms with Gasteiger partial charge >= 0.3 is 12.1 Å². The molecule has 2 aliphatic heterocycles. The van der Waals surface area contributed by atoms with Gasteiger partial charge < -0.3 is 15.0 Å². The fourth-order valence-corrected chi connectivity index (χ4v) is 3.17. The summed E-state index contributed by atoms with van der Waals surface area (Å²) in [7, 11) is 0. The molecule has 0 saturated carbocycles. The summed E-state index contributed by atoms with van der Waals surface area (Å²) in [5.41, 5.74) is 1.26. The predicted octanol–water partition coefficient (Wildman–Crippen LogP) is 2.89. The highest BCUT2D eigenvalue weighted by molar-refractivity contribution is 6.01. The summed E-state index contributed by atoms with van der Waals surface area (Å²) < 4.78 is 44.7. The van der Waals surface area contributed by atoms with Crippen LogP contribution in [0.15, 0.2) is 59.4 Å². The van der Waals surface area contributed by atoms with Crippen LogP contribution in [-0.4, -0.2) is 40.8 Å². The van der Waals surface area contributed by atoms with Crippen LogP contribution < -0.4 is 5.32 Å². The summed E-state index contributed by atoms with van der Waals surface area (Å²) in [6, 6.07) is 8.55. The SMILES string of the molecule is O=C(NCc1ccc(F)c(F)c1)C1=COC2=NC(=O)N(Cc3ccc(F)cc3)CCN12. The number of carbonyl (C=O) groups is 2.